The Kier molecular flexibility index (Phi) is 7.74. The Labute approximate surface area is 128 Å². The Bertz CT molecular complexity index is 466. The van der Waals surface area contributed by atoms with Crippen LogP contribution in [0.4, 0.5) is 13.2 Å². The number of likely N-dealkylation sites (N-methyl/N-ethyl adjacent to an activating group) is 1. The number of carbonyl (C=O) groups is 1. The van der Waals surface area contributed by atoms with Crippen LogP contribution in [0.5, 0.6) is 0 Å². The minimum Gasteiger partial charge on any atom is -0.340 e. The molecule has 1 aromatic rings. The van der Waals surface area contributed by atoms with Crippen molar-refractivity contribution in [1.29, 1.82) is 0 Å². The molecule has 120 valence electrons. The highest BCUT2D eigenvalue weighted by Crippen LogP contribution is 2.32. The standard InChI is InChI=1S/C14H19F3N2O.ClH/c1-3-6-12(18)13(20)19(2)9-10-7-4-5-8-11(10)14(15,16)17;/h4-5,7-8,12H,3,6,9,18H2,1-2H3;1H. The van der Waals surface area contributed by atoms with Crippen molar-refractivity contribution in [3.8, 4) is 0 Å². The fourth-order valence-electron chi connectivity index (χ4n) is 1.99. The van der Waals surface area contributed by atoms with Gasteiger partial charge in [0.2, 0.25) is 5.91 Å². The molecule has 0 heterocycles. The van der Waals surface area contributed by atoms with Crippen LogP contribution in [-0.4, -0.2) is 23.9 Å². The number of alkyl halides is 3. The number of nitrogens with two attached hydrogens (primary N) is 1. The lowest BCUT2D eigenvalue weighted by molar-refractivity contribution is -0.139. The van der Waals surface area contributed by atoms with E-state index < -0.39 is 17.8 Å². The molecule has 0 aliphatic heterocycles. The lowest BCUT2D eigenvalue weighted by Crippen LogP contribution is -2.41. The predicted octanol–water partition coefficient (Wildman–Crippen LogP) is 3.21. The first-order valence-electron chi connectivity index (χ1n) is 6.43. The van der Waals surface area contributed by atoms with Crippen molar-refractivity contribution in [2.45, 2.75) is 38.5 Å². The van der Waals surface area contributed by atoms with E-state index in [9.17, 15) is 18.0 Å². The highest BCUT2D eigenvalue weighted by molar-refractivity contribution is 5.85. The van der Waals surface area contributed by atoms with E-state index in [1.54, 1.807) is 0 Å². The molecule has 0 bridgehead atoms. The van der Waals surface area contributed by atoms with Gasteiger partial charge in [-0.2, -0.15) is 13.2 Å². The molecular weight excluding hydrogens is 305 g/mol. The van der Waals surface area contributed by atoms with Crippen LogP contribution < -0.4 is 5.73 Å². The molecule has 1 rings (SSSR count). The summed E-state index contributed by atoms with van der Waals surface area (Å²) in [6.07, 6.45) is -3.16. The Balaban J connectivity index is 0.00000400. The summed E-state index contributed by atoms with van der Waals surface area (Å²) in [5.74, 6) is -0.344. The molecule has 2 N–H and O–H groups in total. The third-order valence-electron chi connectivity index (χ3n) is 3.02. The van der Waals surface area contributed by atoms with E-state index in [2.05, 4.69) is 0 Å². The third-order valence-corrected chi connectivity index (χ3v) is 3.02. The van der Waals surface area contributed by atoms with Gasteiger partial charge >= 0.3 is 6.18 Å². The second kappa shape index (κ2) is 8.24. The maximum absolute atomic E-state index is 12.9. The molecule has 1 unspecified atom stereocenters. The van der Waals surface area contributed by atoms with Gasteiger partial charge in [0.15, 0.2) is 0 Å². The molecule has 0 saturated carbocycles. The summed E-state index contributed by atoms with van der Waals surface area (Å²) in [4.78, 5) is 13.2. The van der Waals surface area contributed by atoms with Crippen molar-refractivity contribution >= 4 is 18.3 Å². The Morgan fingerprint density at radius 1 is 1.33 bits per heavy atom. The molecule has 0 saturated heterocycles. The Morgan fingerprint density at radius 3 is 2.43 bits per heavy atom. The first-order valence-corrected chi connectivity index (χ1v) is 6.43. The van der Waals surface area contributed by atoms with Gasteiger partial charge in [-0.25, -0.2) is 0 Å². The zero-order valence-electron chi connectivity index (χ0n) is 12.0. The first kappa shape index (κ1) is 19.7. The summed E-state index contributed by atoms with van der Waals surface area (Å²) in [7, 11) is 1.46. The summed E-state index contributed by atoms with van der Waals surface area (Å²) < 4.78 is 38.6. The lowest BCUT2D eigenvalue weighted by Gasteiger charge is -2.23. The molecule has 0 spiro atoms. The monoisotopic (exact) mass is 324 g/mol. The molecule has 3 nitrogen and oxygen atoms in total. The van der Waals surface area contributed by atoms with Gasteiger partial charge in [-0.3, -0.25) is 4.79 Å². The number of carbonyl (C=O) groups excluding carboxylic acids is 1. The van der Waals surface area contributed by atoms with Gasteiger partial charge in [-0.1, -0.05) is 31.5 Å². The van der Waals surface area contributed by atoms with Crippen molar-refractivity contribution in [1.82, 2.24) is 4.90 Å². The Hall–Kier alpha value is -1.27. The van der Waals surface area contributed by atoms with E-state index in [1.807, 2.05) is 6.92 Å². The van der Waals surface area contributed by atoms with Crippen LogP contribution in [0.15, 0.2) is 24.3 Å². The molecule has 1 atom stereocenters. The quantitative estimate of drug-likeness (QED) is 0.904. The number of hydrogen-bond acceptors (Lipinski definition) is 2. The maximum Gasteiger partial charge on any atom is 0.416 e. The molecule has 1 amide bonds. The van der Waals surface area contributed by atoms with Gasteiger partial charge < -0.3 is 10.6 Å². The summed E-state index contributed by atoms with van der Waals surface area (Å²) in [5.41, 5.74) is 5.04. The van der Waals surface area contributed by atoms with E-state index in [-0.39, 0.29) is 30.4 Å². The van der Waals surface area contributed by atoms with Crippen molar-refractivity contribution in [3.05, 3.63) is 35.4 Å². The average Bonchev–Trinajstić information content (AvgIpc) is 2.37. The molecule has 0 aliphatic carbocycles. The number of amides is 1. The number of benzene rings is 1. The number of halogens is 4. The van der Waals surface area contributed by atoms with Gasteiger partial charge in [0.25, 0.3) is 0 Å². The lowest BCUT2D eigenvalue weighted by atomic mass is 10.1. The molecular formula is C14H20ClF3N2O. The van der Waals surface area contributed by atoms with Crippen LogP contribution in [0.25, 0.3) is 0 Å². The van der Waals surface area contributed by atoms with E-state index in [0.29, 0.717) is 6.42 Å². The Morgan fingerprint density at radius 2 is 1.90 bits per heavy atom. The van der Waals surface area contributed by atoms with E-state index in [4.69, 9.17) is 5.73 Å². The zero-order chi connectivity index (χ0) is 15.3. The first-order chi connectivity index (χ1) is 9.27. The van der Waals surface area contributed by atoms with Crippen molar-refractivity contribution < 1.29 is 18.0 Å². The van der Waals surface area contributed by atoms with Gasteiger partial charge in [0, 0.05) is 13.6 Å². The van der Waals surface area contributed by atoms with Crippen LogP contribution >= 0.6 is 12.4 Å². The highest BCUT2D eigenvalue weighted by atomic mass is 35.5. The second-order valence-electron chi connectivity index (χ2n) is 4.74. The molecule has 0 fully saturated rings. The molecule has 21 heavy (non-hydrogen) atoms. The van der Waals surface area contributed by atoms with E-state index >= 15 is 0 Å². The number of hydrogen-bond donors (Lipinski definition) is 1. The van der Waals surface area contributed by atoms with Crippen molar-refractivity contribution in [3.63, 3.8) is 0 Å². The molecule has 7 heteroatoms. The summed E-state index contributed by atoms with van der Waals surface area (Å²) >= 11 is 0. The molecule has 0 aliphatic rings. The fourth-order valence-corrected chi connectivity index (χ4v) is 1.99. The number of rotatable bonds is 5. The molecule has 1 aromatic carbocycles. The van der Waals surface area contributed by atoms with Gasteiger partial charge in [-0.05, 0) is 18.1 Å². The zero-order valence-corrected chi connectivity index (χ0v) is 12.8. The molecule has 0 radical (unpaired) electrons. The van der Waals surface area contributed by atoms with Crippen LogP contribution in [-0.2, 0) is 17.5 Å². The second-order valence-corrected chi connectivity index (χ2v) is 4.74. The minimum atomic E-state index is -4.42. The van der Waals surface area contributed by atoms with E-state index in [1.165, 1.54) is 30.1 Å². The minimum absolute atomic E-state index is 0. The largest absolute Gasteiger partial charge is 0.416 e. The topological polar surface area (TPSA) is 46.3 Å². The summed E-state index contributed by atoms with van der Waals surface area (Å²) in [5, 5.41) is 0. The normalized spacial score (nSPS) is 12.5. The van der Waals surface area contributed by atoms with Gasteiger partial charge in [0.1, 0.15) is 0 Å². The summed E-state index contributed by atoms with van der Waals surface area (Å²) in [6, 6.07) is 4.58. The van der Waals surface area contributed by atoms with E-state index in [0.717, 1.165) is 12.5 Å². The van der Waals surface area contributed by atoms with Crippen molar-refractivity contribution in [2.75, 3.05) is 7.05 Å². The molecule has 0 aromatic heterocycles. The average molecular weight is 325 g/mol. The van der Waals surface area contributed by atoms with Crippen LogP contribution in [0, 0.1) is 0 Å². The fraction of sp³-hybridized carbons (Fsp3) is 0.500. The van der Waals surface area contributed by atoms with Crippen molar-refractivity contribution in [2.24, 2.45) is 5.73 Å². The SMILES string of the molecule is CCCC(N)C(=O)N(C)Cc1ccccc1C(F)(F)F.Cl. The third kappa shape index (κ3) is 5.55. The van der Waals surface area contributed by atoms with Gasteiger partial charge in [0.05, 0.1) is 11.6 Å². The predicted molar refractivity (Wildman–Crippen MR) is 78.0 cm³/mol. The van der Waals surface area contributed by atoms with Crippen LogP contribution in [0.2, 0.25) is 0 Å². The summed E-state index contributed by atoms with van der Waals surface area (Å²) in [6.45, 7) is 1.79. The van der Waals surface area contributed by atoms with Crippen LogP contribution in [0.3, 0.4) is 0 Å². The highest BCUT2D eigenvalue weighted by Gasteiger charge is 2.33. The smallest absolute Gasteiger partial charge is 0.340 e. The maximum atomic E-state index is 12.9. The van der Waals surface area contributed by atoms with Gasteiger partial charge in [-0.15, -0.1) is 12.4 Å². The van der Waals surface area contributed by atoms with Crippen LogP contribution in [0.1, 0.15) is 30.9 Å². The number of nitrogens with zero attached hydrogens (tertiary/aromatic N) is 1.